The third-order valence-electron chi connectivity index (χ3n) is 3.09. The van der Waals surface area contributed by atoms with E-state index in [1.54, 1.807) is 26.8 Å². The second-order valence-corrected chi connectivity index (χ2v) is 6.61. The van der Waals surface area contributed by atoms with Gasteiger partial charge >= 0.3 is 12.1 Å². The average Bonchev–Trinajstić information content (AvgIpc) is 3.27. The van der Waals surface area contributed by atoms with Gasteiger partial charge in [0.2, 0.25) is 0 Å². The Hall–Kier alpha value is -2.30. The second kappa shape index (κ2) is 7.31. The number of hydrogen-bond acceptors (Lipinski definition) is 4. The topological polar surface area (TPSA) is 64.6 Å². The van der Waals surface area contributed by atoms with Crippen molar-refractivity contribution in [3.63, 3.8) is 0 Å². The lowest BCUT2D eigenvalue weighted by molar-refractivity contribution is -0.140. The molecule has 0 radical (unpaired) electrons. The molecule has 124 valence electrons. The van der Waals surface area contributed by atoms with Gasteiger partial charge in [0.05, 0.1) is 0 Å². The molecule has 1 amide bonds. The van der Waals surface area contributed by atoms with Gasteiger partial charge in [-0.15, -0.1) is 0 Å². The van der Waals surface area contributed by atoms with Crippen LogP contribution in [0.4, 0.5) is 4.79 Å². The normalized spacial score (nSPS) is 15.0. The summed E-state index contributed by atoms with van der Waals surface area (Å²) < 4.78 is 10.5. The zero-order valence-corrected chi connectivity index (χ0v) is 13.8. The van der Waals surface area contributed by atoms with Crippen LogP contribution in [-0.4, -0.2) is 17.7 Å². The van der Waals surface area contributed by atoms with E-state index in [-0.39, 0.29) is 12.3 Å². The molecule has 0 heterocycles. The molecule has 0 spiro atoms. The van der Waals surface area contributed by atoms with Gasteiger partial charge in [0.25, 0.3) is 0 Å². The van der Waals surface area contributed by atoms with Gasteiger partial charge in [-0.05, 0) is 45.1 Å². The molecule has 1 aliphatic carbocycles. The first-order chi connectivity index (χ1) is 10.8. The molecule has 0 aliphatic heterocycles. The number of ether oxygens (including phenoxy) is 2. The second-order valence-electron chi connectivity index (χ2n) is 6.61. The minimum absolute atomic E-state index is 0.151. The smallest absolute Gasteiger partial charge is 0.412 e. The lowest BCUT2D eigenvalue weighted by Crippen LogP contribution is -2.34. The van der Waals surface area contributed by atoms with Crippen molar-refractivity contribution in [3.8, 4) is 0 Å². The molecule has 5 nitrogen and oxygen atoms in total. The Kier molecular flexibility index (Phi) is 5.42. The van der Waals surface area contributed by atoms with Crippen LogP contribution in [0.2, 0.25) is 0 Å². The Labute approximate surface area is 136 Å². The van der Waals surface area contributed by atoms with Crippen LogP contribution in [0, 0.1) is 5.92 Å². The third-order valence-corrected chi connectivity index (χ3v) is 3.09. The maximum Gasteiger partial charge on any atom is 0.412 e. The van der Waals surface area contributed by atoms with Crippen LogP contribution in [0.25, 0.3) is 0 Å². The minimum atomic E-state index is -0.652. The molecule has 1 fully saturated rings. The summed E-state index contributed by atoms with van der Waals surface area (Å²) in [6.07, 6.45) is 3.13. The first-order valence-corrected chi connectivity index (χ1v) is 7.76. The molecule has 0 atom stereocenters. The highest BCUT2D eigenvalue weighted by Crippen LogP contribution is 2.31. The molecule has 23 heavy (non-hydrogen) atoms. The largest absolute Gasteiger partial charge is 0.456 e. The van der Waals surface area contributed by atoms with Crippen molar-refractivity contribution in [2.75, 3.05) is 0 Å². The van der Waals surface area contributed by atoms with Crippen LogP contribution in [0.1, 0.15) is 39.2 Å². The number of alkyl carbamates (subject to hydrolysis) is 1. The fourth-order valence-electron chi connectivity index (χ4n) is 1.87. The number of allylic oxidation sites excluding steroid dienone is 1. The summed E-state index contributed by atoms with van der Waals surface area (Å²) in [6, 6.07) is 9.40. The van der Waals surface area contributed by atoms with E-state index >= 15 is 0 Å². The van der Waals surface area contributed by atoms with Gasteiger partial charge in [0.1, 0.15) is 17.9 Å². The first-order valence-electron chi connectivity index (χ1n) is 7.76. The van der Waals surface area contributed by atoms with E-state index in [0.29, 0.717) is 5.92 Å². The molecule has 1 aliphatic rings. The standard InChI is InChI=1S/C18H23NO4/c1-18(2,3)23-17(21)19-15(11-13-9-10-13)16(20)22-12-14-7-5-4-6-8-14/h4-8,11,13H,9-10,12H2,1-3H3,(H,19,21)/b15-11-. The number of amides is 1. The van der Waals surface area contributed by atoms with Crippen LogP contribution >= 0.6 is 0 Å². The van der Waals surface area contributed by atoms with Gasteiger partial charge in [0.15, 0.2) is 0 Å². The van der Waals surface area contributed by atoms with Crippen molar-refractivity contribution in [1.82, 2.24) is 5.32 Å². The summed E-state index contributed by atoms with van der Waals surface area (Å²) in [5.74, 6) is -0.226. The average molecular weight is 317 g/mol. The van der Waals surface area contributed by atoms with E-state index in [9.17, 15) is 9.59 Å². The molecule has 0 unspecified atom stereocenters. The molecule has 1 saturated carbocycles. The van der Waals surface area contributed by atoms with Crippen LogP contribution in [-0.2, 0) is 20.9 Å². The minimum Gasteiger partial charge on any atom is -0.456 e. The van der Waals surface area contributed by atoms with Crippen LogP contribution < -0.4 is 5.32 Å². The number of carbonyl (C=O) groups is 2. The van der Waals surface area contributed by atoms with Gasteiger partial charge in [-0.1, -0.05) is 36.4 Å². The summed E-state index contributed by atoms with van der Waals surface area (Å²) in [6.45, 7) is 5.47. The maximum atomic E-state index is 12.2. The van der Waals surface area contributed by atoms with Gasteiger partial charge in [0, 0.05) is 0 Å². The monoisotopic (exact) mass is 317 g/mol. The summed E-state index contributed by atoms with van der Waals surface area (Å²) in [5, 5.41) is 2.51. The first kappa shape index (κ1) is 17.1. The molecule has 0 bridgehead atoms. The Morgan fingerprint density at radius 2 is 1.87 bits per heavy atom. The van der Waals surface area contributed by atoms with E-state index in [1.165, 1.54) is 0 Å². The molecular weight excluding hydrogens is 294 g/mol. The van der Waals surface area contributed by atoms with Crippen molar-refractivity contribution < 1.29 is 19.1 Å². The SMILES string of the molecule is CC(C)(C)OC(=O)N/C(=C\C1CC1)C(=O)OCc1ccccc1. The van der Waals surface area contributed by atoms with Gasteiger partial charge in [-0.2, -0.15) is 0 Å². The lowest BCUT2D eigenvalue weighted by Gasteiger charge is -2.20. The Morgan fingerprint density at radius 3 is 2.43 bits per heavy atom. The molecule has 5 heteroatoms. The number of carbonyl (C=O) groups excluding carboxylic acids is 2. The zero-order chi connectivity index (χ0) is 16.9. The molecule has 1 aromatic rings. The van der Waals surface area contributed by atoms with Crippen LogP contribution in [0.3, 0.4) is 0 Å². The lowest BCUT2D eigenvalue weighted by atomic mass is 10.2. The Balaban J connectivity index is 1.95. The van der Waals surface area contributed by atoms with Crippen molar-refractivity contribution in [3.05, 3.63) is 47.7 Å². The number of rotatable bonds is 5. The van der Waals surface area contributed by atoms with E-state index in [0.717, 1.165) is 18.4 Å². The summed E-state index contributed by atoms with van der Waals surface area (Å²) in [7, 11) is 0. The summed E-state index contributed by atoms with van der Waals surface area (Å²) in [4.78, 5) is 24.1. The summed E-state index contributed by atoms with van der Waals surface area (Å²) in [5.41, 5.74) is 0.421. The van der Waals surface area contributed by atoms with Crippen molar-refractivity contribution in [2.45, 2.75) is 45.8 Å². The number of benzene rings is 1. The van der Waals surface area contributed by atoms with Crippen LogP contribution in [0.5, 0.6) is 0 Å². The fourth-order valence-corrected chi connectivity index (χ4v) is 1.87. The maximum absolute atomic E-state index is 12.2. The van der Waals surface area contributed by atoms with Crippen molar-refractivity contribution in [1.29, 1.82) is 0 Å². The zero-order valence-electron chi connectivity index (χ0n) is 13.8. The van der Waals surface area contributed by atoms with E-state index in [2.05, 4.69) is 5.32 Å². The Bertz CT molecular complexity index is 583. The summed E-state index contributed by atoms with van der Waals surface area (Å²) >= 11 is 0. The number of nitrogens with one attached hydrogen (secondary N) is 1. The molecular formula is C18H23NO4. The quantitative estimate of drug-likeness (QED) is 0.666. The highest BCUT2D eigenvalue weighted by atomic mass is 16.6. The van der Waals surface area contributed by atoms with Gasteiger partial charge in [-0.3, -0.25) is 5.32 Å². The van der Waals surface area contributed by atoms with Gasteiger partial charge in [-0.25, -0.2) is 9.59 Å². The third kappa shape index (κ3) is 6.55. The number of hydrogen-bond donors (Lipinski definition) is 1. The fraction of sp³-hybridized carbons (Fsp3) is 0.444. The van der Waals surface area contributed by atoms with E-state index in [4.69, 9.17) is 9.47 Å². The Morgan fingerprint density at radius 1 is 1.22 bits per heavy atom. The molecule has 1 aromatic carbocycles. The predicted octanol–water partition coefficient (Wildman–Crippen LogP) is 3.55. The molecule has 2 rings (SSSR count). The van der Waals surface area contributed by atoms with Gasteiger partial charge < -0.3 is 9.47 Å². The van der Waals surface area contributed by atoms with Crippen molar-refractivity contribution in [2.24, 2.45) is 5.92 Å². The van der Waals surface area contributed by atoms with Crippen molar-refractivity contribution >= 4 is 12.1 Å². The molecule has 0 saturated heterocycles. The molecule has 1 N–H and O–H groups in total. The highest BCUT2D eigenvalue weighted by Gasteiger charge is 2.25. The van der Waals surface area contributed by atoms with Crippen LogP contribution in [0.15, 0.2) is 42.1 Å². The van der Waals surface area contributed by atoms with E-state index < -0.39 is 17.7 Å². The molecule has 0 aromatic heterocycles. The number of esters is 1. The van der Waals surface area contributed by atoms with E-state index in [1.807, 2.05) is 30.3 Å². The highest BCUT2D eigenvalue weighted by molar-refractivity contribution is 5.92. The predicted molar refractivity (Wildman–Crippen MR) is 86.4 cm³/mol.